The van der Waals surface area contributed by atoms with Crippen LogP contribution in [0.3, 0.4) is 0 Å². The average Bonchev–Trinajstić information content (AvgIpc) is 2.71. The molecule has 3 aromatic rings. The minimum absolute atomic E-state index is 0.0889. The first-order valence-electron chi connectivity index (χ1n) is 9.17. The molecule has 0 aliphatic carbocycles. The van der Waals surface area contributed by atoms with Gasteiger partial charge in [-0.2, -0.15) is 0 Å². The zero-order valence-electron chi connectivity index (χ0n) is 16.9. The molecule has 1 amide bonds. The standard InChI is InChI=1S/C22H19BrF2N2O4/c1-11-4-5-13(22(29)27(3)30)8-16(11)18-12(2)26-21(28)19(23)20(18)31-10-14-6-7-15(24)9-17(14)25/h4-9,30H,10H2,1-3H3,(H,26,28). The van der Waals surface area contributed by atoms with Gasteiger partial charge >= 0.3 is 0 Å². The number of aryl methyl sites for hydroxylation is 2. The van der Waals surface area contributed by atoms with E-state index in [0.29, 0.717) is 21.9 Å². The second-order valence-corrected chi connectivity index (χ2v) is 7.77. The minimum Gasteiger partial charge on any atom is -0.487 e. The highest BCUT2D eigenvalue weighted by Crippen LogP contribution is 2.39. The van der Waals surface area contributed by atoms with E-state index in [1.807, 2.05) is 6.92 Å². The first kappa shape index (κ1) is 22.6. The Morgan fingerprint density at radius 3 is 2.55 bits per heavy atom. The van der Waals surface area contributed by atoms with Crippen molar-refractivity contribution in [3.8, 4) is 16.9 Å². The van der Waals surface area contributed by atoms with Crippen LogP contribution in [-0.2, 0) is 6.61 Å². The Balaban J connectivity index is 2.13. The Hall–Kier alpha value is -3.04. The molecule has 0 aliphatic rings. The van der Waals surface area contributed by atoms with Gasteiger partial charge in [0.05, 0.1) is 0 Å². The third kappa shape index (κ3) is 4.67. The highest BCUT2D eigenvalue weighted by molar-refractivity contribution is 9.10. The number of ether oxygens (including phenoxy) is 1. The summed E-state index contributed by atoms with van der Waals surface area (Å²) < 4.78 is 33.1. The Labute approximate surface area is 185 Å². The van der Waals surface area contributed by atoms with Gasteiger partial charge in [0.25, 0.3) is 11.5 Å². The SMILES string of the molecule is Cc1ccc(C(=O)N(C)O)cc1-c1c(C)[nH]c(=O)c(Br)c1OCc1ccc(F)cc1F. The van der Waals surface area contributed by atoms with Crippen LogP contribution < -0.4 is 10.3 Å². The van der Waals surface area contributed by atoms with Gasteiger partial charge in [-0.05, 0) is 65.2 Å². The van der Waals surface area contributed by atoms with Crippen molar-refractivity contribution in [1.82, 2.24) is 10.0 Å². The molecule has 2 aromatic carbocycles. The molecule has 0 radical (unpaired) electrons. The molecule has 0 saturated heterocycles. The lowest BCUT2D eigenvalue weighted by Gasteiger charge is -2.18. The largest absolute Gasteiger partial charge is 0.487 e. The molecular weight excluding hydrogens is 474 g/mol. The van der Waals surface area contributed by atoms with Crippen molar-refractivity contribution in [2.75, 3.05) is 7.05 Å². The van der Waals surface area contributed by atoms with Crippen LogP contribution in [0.5, 0.6) is 5.75 Å². The van der Waals surface area contributed by atoms with Crippen LogP contribution in [0.1, 0.15) is 27.2 Å². The van der Waals surface area contributed by atoms with E-state index >= 15 is 0 Å². The normalized spacial score (nSPS) is 10.8. The van der Waals surface area contributed by atoms with Crippen LogP contribution in [0, 0.1) is 25.5 Å². The van der Waals surface area contributed by atoms with Gasteiger partial charge in [0.2, 0.25) is 0 Å². The number of aromatic nitrogens is 1. The van der Waals surface area contributed by atoms with Gasteiger partial charge in [-0.25, -0.2) is 13.8 Å². The molecule has 1 aromatic heterocycles. The summed E-state index contributed by atoms with van der Waals surface area (Å²) in [5.74, 6) is -1.94. The van der Waals surface area contributed by atoms with E-state index in [0.717, 1.165) is 17.7 Å². The molecule has 0 aliphatic heterocycles. The first-order chi connectivity index (χ1) is 14.6. The maximum atomic E-state index is 14.1. The molecule has 162 valence electrons. The molecule has 0 fully saturated rings. The molecule has 0 bridgehead atoms. The van der Waals surface area contributed by atoms with Crippen molar-refractivity contribution in [3.05, 3.63) is 85.2 Å². The number of pyridine rings is 1. The minimum atomic E-state index is -0.769. The number of halogens is 3. The maximum absolute atomic E-state index is 14.1. The van der Waals surface area contributed by atoms with Crippen molar-refractivity contribution < 1.29 is 23.5 Å². The second kappa shape index (κ2) is 8.99. The van der Waals surface area contributed by atoms with Crippen molar-refractivity contribution in [1.29, 1.82) is 0 Å². The molecule has 1 heterocycles. The molecule has 3 rings (SSSR count). The van der Waals surface area contributed by atoms with Crippen LogP contribution in [0.2, 0.25) is 0 Å². The summed E-state index contributed by atoms with van der Waals surface area (Å²) in [7, 11) is 1.22. The average molecular weight is 493 g/mol. The molecule has 31 heavy (non-hydrogen) atoms. The zero-order chi connectivity index (χ0) is 22.9. The van der Waals surface area contributed by atoms with Gasteiger partial charge in [-0.15, -0.1) is 0 Å². The van der Waals surface area contributed by atoms with Crippen LogP contribution in [0.15, 0.2) is 45.7 Å². The van der Waals surface area contributed by atoms with E-state index < -0.39 is 23.1 Å². The molecule has 6 nitrogen and oxygen atoms in total. The highest BCUT2D eigenvalue weighted by Gasteiger charge is 2.21. The number of hydroxylamine groups is 2. The number of rotatable bonds is 5. The summed E-state index contributed by atoms with van der Waals surface area (Å²) in [4.78, 5) is 27.2. The Bertz CT molecular complexity index is 1220. The predicted molar refractivity (Wildman–Crippen MR) is 114 cm³/mol. The lowest BCUT2D eigenvalue weighted by atomic mass is 9.96. The number of hydrogen-bond donors (Lipinski definition) is 2. The van der Waals surface area contributed by atoms with Gasteiger partial charge < -0.3 is 9.72 Å². The van der Waals surface area contributed by atoms with Crippen LogP contribution in [0.4, 0.5) is 8.78 Å². The summed E-state index contributed by atoms with van der Waals surface area (Å²) in [5, 5.41) is 9.96. The maximum Gasteiger partial charge on any atom is 0.276 e. The number of benzene rings is 2. The molecular formula is C22H19BrF2N2O4. The fourth-order valence-corrected chi connectivity index (χ4v) is 3.54. The quantitative estimate of drug-likeness (QED) is 0.398. The molecule has 0 atom stereocenters. The highest BCUT2D eigenvalue weighted by atomic mass is 79.9. The number of nitrogens with one attached hydrogen (secondary N) is 1. The monoisotopic (exact) mass is 492 g/mol. The zero-order valence-corrected chi connectivity index (χ0v) is 18.5. The first-order valence-corrected chi connectivity index (χ1v) is 9.96. The molecule has 0 saturated carbocycles. The summed E-state index contributed by atoms with van der Waals surface area (Å²) >= 11 is 3.22. The molecule has 0 unspecified atom stereocenters. The Morgan fingerprint density at radius 1 is 1.19 bits per heavy atom. The summed E-state index contributed by atoms with van der Waals surface area (Å²) in [6.07, 6.45) is 0. The number of aromatic amines is 1. The van der Waals surface area contributed by atoms with E-state index in [9.17, 15) is 23.6 Å². The predicted octanol–water partition coefficient (Wildman–Crippen LogP) is 4.74. The van der Waals surface area contributed by atoms with Crippen LogP contribution in [0.25, 0.3) is 11.1 Å². The van der Waals surface area contributed by atoms with Gasteiger partial charge in [-0.3, -0.25) is 14.8 Å². The number of H-pyrrole nitrogens is 1. The summed E-state index contributed by atoms with van der Waals surface area (Å²) in [5.41, 5.74) is 2.20. The fraction of sp³-hybridized carbons (Fsp3) is 0.182. The second-order valence-electron chi connectivity index (χ2n) is 6.98. The number of carbonyl (C=O) groups is 1. The summed E-state index contributed by atoms with van der Waals surface area (Å²) in [6.45, 7) is 3.23. The fourth-order valence-electron chi connectivity index (χ4n) is 3.13. The lowest BCUT2D eigenvalue weighted by Crippen LogP contribution is -2.22. The number of carbonyl (C=O) groups excluding carboxylic acids is 1. The van der Waals surface area contributed by atoms with Gasteiger partial charge in [0, 0.05) is 35.5 Å². The third-order valence-corrected chi connectivity index (χ3v) is 5.46. The Morgan fingerprint density at radius 2 is 1.90 bits per heavy atom. The van der Waals surface area contributed by atoms with Crippen LogP contribution >= 0.6 is 15.9 Å². The number of nitrogens with zero attached hydrogens (tertiary/aromatic N) is 1. The molecule has 9 heteroatoms. The van der Waals surface area contributed by atoms with Crippen molar-refractivity contribution >= 4 is 21.8 Å². The van der Waals surface area contributed by atoms with E-state index in [4.69, 9.17) is 4.74 Å². The van der Waals surface area contributed by atoms with Gasteiger partial charge in [0.1, 0.15) is 28.5 Å². The van der Waals surface area contributed by atoms with Crippen molar-refractivity contribution in [3.63, 3.8) is 0 Å². The van der Waals surface area contributed by atoms with E-state index in [-0.39, 0.29) is 28.0 Å². The smallest absolute Gasteiger partial charge is 0.276 e. The number of hydrogen-bond acceptors (Lipinski definition) is 4. The number of amides is 1. The van der Waals surface area contributed by atoms with Crippen LogP contribution in [-0.4, -0.2) is 28.2 Å². The van der Waals surface area contributed by atoms with Crippen molar-refractivity contribution in [2.24, 2.45) is 0 Å². The Kier molecular flexibility index (Phi) is 6.56. The van der Waals surface area contributed by atoms with E-state index in [2.05, 4.69) is 20.9 Å². The van der Waals surface area contributed by atoms with Crippen molar-refractivity contribution in [2.45, 2.75) is 20.5 Å². The van der Waals surface area contributed by atoms with Gasteiger partial charge in [0.15, 0.2) is 0 Å². The van der Waals surface area contributed by atoms with Gasteiger partial charge in [-0.1, -0.05) is 6.07 Å². The lowest BCUT2D eigenvalue weighted by molar-refractivity contribution is -0.0374. The molecule has 0 spiro atoms. The third-order valence-electron chi connectivity index (χ3n) is 4.74. The molecule has 2 N–H and O–H groups in total. The van der Waals surface area contributed by atoms with E-state index in [1.54, 1.807) is 25.1 Å². The van der Waals surface area contributed by atoms with E-state index in [1.165, 1.54) is 13.1 Å². The topological polar surface area (TPSA) is 82.6 Å². The summed E-state index contributed by atoms with van der Waals surface area (Å²) in [6, 6.07) is 7.97.